The molecule has 0 bridgehead atoms. The van der Waals surface area contributed by atoms with Gasteiger partial charge in [-0.25, -0.2) is 4.98 Å². The molecule has 128 valence electrons. The minimum atomic E-state index is -0.0661. The SMILES string of the molecule is Cc1ccc(-c2cc(C(=O)NC[C@H]3CCCO3)c3ccccc3n2)s1. The molecule has 1 saturated heterocycles. The molecule has 4 nitrogen and oxygen atoms in total. The lowest BCUT2D eigenvalue weighted by molar-refractivity contribution is 0.0859. The highest BCUT2D eigenvalue weighted by Crippen LogP contribution is 2.29. The zero-order valence-corrected chi connectivity index (χ0v) is 14.9. The van der Waals surface area contributed by atoms with Crippen LogP contribution in [0.3, 0.4) is 0 Å². The average molecular weight is 352 g/mol. The monoisotopic (exact) mass is 352 g/mol. The standard InChI is InChI=1S/C20H20N2O2S/c1-13-8-9-19(25-13)18-11-16(15-6-2-3-7-17(15)22-18)20(23)21-12-14-5-4-10-24-14/h2-3,6-9,11,14H,4-5,10,12H2,1H3,(H,21,23)/t14-/m1/s1. The Bertz CT molecular complexity index is 913. The first-order chi connectivity index (χ1) is 12.2. The van der Waals surface area contributed by atoms with Crippen molar-refractivity contribution in [1.29, 1.82) is 0 Å². The molecule has 0 radical (unpaired) electrons. The van der Waals surface area contributed by atoms with Gasteiger partial charge < -0.3 is 10.1 Å². The van der Waals surface area contributed by atoms with Crippen molar-refractivity contribution in [2.75, 3.05) is 13.2 Å². The first-order valence-corrected chi connectivity index (χ1v) is 9.39. The topological polar surface area (TPSA) is 51.2 Å². The van der Waals surface area contributed by atoms with E-state index in [4.69, 9.17) is 9.72 Å². The van der Waals surface area contributed by atoms with Crippen LogP contribution in [0.25, 0.3) is 21.5 Å². The van der Waals surface area contributed by atoms with Crippen molar-refractivity contribution in [3.8, 4) is 10.6 Å². The summed E-state index contributed by atoms with van der Waals surface area (Å²) < 4.78 is 5.60. The normalized spacial score (nSPS) is 17.1. The molecule has 1 aliphatic heterocycles. The summed E-state index contributed by atoms with van der Waals surface area (Å²) in [7, 11) is 0. The number of para-hydroxylation sites is 1. The lowest BCUT2D eigenvalue weighted by Crippen LogP contribution is -2.31. The van der Waals surface area contributed by atoms with Crippen LogP contribution in [-0.4, -0.2) is 30.1 Å². The van der Waals surface area contributed by atoms with Crippen molar-refractivity contribution in [2.45, 2.75) is 25.9 Å². The number of aryl methyl sites for hydroxylation is 1. The first kappa shape index (κ1) is 16.2. The second kappa shape index (κ2) is 6.94. The molecule has 0 aliphatic carbocycles. The van der Waals surface area contributed by atoms with Crippen LogP contribution in [0.1, 0.15) is 28.1 Å². The fourth-order valence-electron chi connectivity index (χ4n) is 3.17. The second-order valence-electron chi connectivity index (χ2n) is 6.33. The van der Waals surface area contributed by atoms with Crippen molar-refractivity contribution in [1.82, 2.24) is 10.3 Å². The van der Waals surface area contributed by atoms with Gasteiger partial charge in [-0.15, -0.1) is 11.3 Å². The molecule has 0 saturated carbocycles. The van der Waals surface area contributed by atoms with E-state index in [0.717, 1.165) is 40.9 Å². The van der Waals surface area contributed by atoms with Gasteiger partial charge in [-0.05, 0) is 44.0 Å². The molecular weight excluding hydrogens is 332 g/mol. The lowest BCUT2D eigenvalue weighted by Gasteiger charge is -2.13. The summed E-state index contributed by atoms with van der Waals surface area (Å²) in [5.41, 5.74) is 2.36. The van der Waals surface area contributed by atoms with Gasteiger partial charge in [-0.3, -0.25) is 4.79 Å². The minimum absolute atomic E-state index is 0.0661. The molecule has 1 N–H and O–H groups in total. The predicted octanol–water partition coefficient (Wildman–Crippen LogP) is 4.18. The average Bonchev–Trinajstić information content (AvgIpc) is 3.30. The van der Waals surface area contributed by atoms with Gasteiger partial charge in [0.2, 0.25) is 0 Å². The smallest absolute Gasteiger partial charge is 0.252 e. The maximum atomic E-state index is 12.8. The molecule has 3 heterocycles. The van der Waals surface area contributed by atoms with Crippen LogP contribution in [0.15, 0.2) is 42.5 Å². The number of benzene rings is 1. The number of carbonyl (C=O) groups is 1. The number of rotatable bonds is 4. The third-order valence-corrected chi connectivity index (χ3v) is 5.49. The number of aromatic nitrogens is 1. The molecule has 0 unspecified atom stereocenters. The molecule has 1 fully saturated rings. The van der Waals surface area contributed by atoms with Gasteiger partial charge >= 0.3 is 0 Å². The van der Waals surface area contributed by atoms with Gasteiger partial charge in [0.05, 0.1) is 27.8 Å². The number of amides is 1. The van der Waals surface area contributed by atoms with E-state index in [-0.39, 0.29) is 12.0 Å². The van der Waals surface area contributed by atoms with Gasteiger partial charge in [-0.2, -0.15) is 0 Å². The Kier molecular flexibility index (Phi) is 4.51. The van der Waals surface area contributed by atoms with E-state index in [1.54, 1.807) is 11.3 Å². The molecule has 1 amide bonds. The summed E-state index contributed by atoms with van der Waals surface area (Å²) in [4.78, 5) is 19.9. The van der Waals surface area contributed by atoms with Gasteiger partial charge in [0, 0.05) is 23.4 Å². The van der Waals surface area contributed by atoms with Crippen LogP contribution in [0.2, 0.25) is 0 Å². The first-order valence-electron chi connectivity index (χ1n) is 8.57. The highest BCUT2D eigenvalue weighted by Gasteiger charge is 2.19. The van der Waals surface area contributed by atoms with Crippen molar-refractivity contribution in [2.24, 2.45) is 0 Å². The van der Waals surface area contributed by atoms with E-state index in [1.807, 2.05) is 30.3 Å². The van der Waals surface area contributed by atoms with E-state index >= 15 is 0 Å². The highest BCUT2D eigenvalue weighted by molar-refractivity contribution is 7.15. The van der Waals surface area contributed by atoms with Crippen LogP contribution < -0.4 is 5.32 Å². The van der Waals surface area contributed by atoms with E-state index in [0.29, 0.717) is 12.1 Å². The number of nitrogens with zero attached hydrogens (tertiary/aromatic N) is 1. The minimum Gasteiger partial charge on any atom is -0.376 e. The fourth-order valence-corrected chi connectivity index (χ4v) is 4.00. The number of pyridine rings is 1. The highest BCUT2D eigenvalue weighted by atomic mass is 32.1. The number of hydrogen-bond acceptors (Lipinski definition) is 4. The summed E-state index contributed by atoms with van der Waals surface area (Å²) in [6.45, 7) is 3.42. The summed E-state index contributed by atoms with van der Waals surface area (Å²) in [6.07, 6.45) is 2.22. The number of nitrogens with one attached hydrogen (secondary N) is 1. The van der Waals surface area contributed by atoms with Crippen molar-refractivity contribution >= 4 is 28.1 Å². The molecule has 3 aromatic rings. The fraction of sp³-hybridized carbons (Fsp3) is 0.300. The number of ether oxygens (including phenoxy) is 1. The Balaban J connectivity index is 1.69. The molecule has 4 rings (SSSR count). The third kappa shape index (κ3) is 3.43. The molecule has 1 atom stereocenters. The van der Waals surface area contributed by atoms with E-state index < -0.39 is 0 Å². The van der Waals surface area contributed by atoms with Crippen LogP contribution in [0.4, 0.5) is 0 Å². The molecule has 25 heavy (non-hydrogen) atoms. The van der Waals surface area contributed by atoms with E-state index in [9.17, 15) is 4.79 Å². The van der Waals surface area contributed by atoms with Gasteiger partial charge in [-0.1, -0.05) is 18.2 Å². The summed E-state index contributed by atoms with van der Waals surface area (Å²) >= 11 is 1.69. The van der Waals surface area contributed by atoms with E-state index in [2.05, 4.69) is 24.4 Å². The summed E-state index contributed by atoms with van der Waals surface area (Å²) in [5.74, 6) is -0.0661. The molecule has 0 spiro atoms. The molecule has 2 aromatic heterocycles. The van der Waals surface area contributed by atoms with E-state index in [1.165, 1.54) is 4.88 Å². The molecule has 1 aliphatic rings. The van der Waals surface area contributed by atoms with Crippen LogP contribution >= 0.6 is 11.3 Å². The largest absolute Gasteiger partial charge is 0.376 e. The quantitative estimate of drug-likeness (QED) is 0.766. The zero-order chi connectivity index (χ0) is 17.2. The predicted molar refractivity (Wildman–Crippen MR) is 101 cm³/mol. The van der Waals surface area contributed by atoms with Gasteiger partial charge in [0.25, 0.3) is 5.91 Å². The van der Waals surface area contributed by atoms with Crippen molar-refractivity contribution < 1.29 is 9.53 Å². The Labute approximate surface area is 150 Å². The third-order valence-electron chi connectivity index (χ3n) is 4.47. The summed E-state index contributed by atoms with van der Waals surface area (Å²) in [5, 5.41) is 3.91. The van der Waals surface area contributed by atoms with Gasteiger partial charge in [0.1, 0.15) is 0 Å². The molecular formula is C20H20N2O2S. The zero-order valence-electron chi connectivity index (χ0n) is 14.1. The lowest BCUT2D eigenvalue weighted by atomic mass is 10.1. The van der Waals surface area contributed by atoms with Crippen LogP contribution in [-0.2, 0) is 4.74 Å². The second-order valence-corrected chi connectivity index (χ2v) is 7.62. The Hall–Kier alpha value is -2.24. The maximum Gasteiger partial charge on any atom is 0.252 e. The number of carbonyl (C=O) groups excluding carboxylic acids is 1. The number of fused-ring (bicyclic) bond motifs is 1. The van der Waals surface area contributed by atoms with Crippen LogP contribution in [0, 0.1) is 6.92 Å². The Morgan fingerprint density at radius 3 is 2.96 bits per heavy atom. The number of hydrogen-bond donors (Lipinski definition) is 1. The van der Waals surface area contributed by atoms with Gasteiger partial charge in [0.15, 0.2) is 0 Å². The Morgan fingerprint density at radius 2 is 2.20 bits per heavy atom. The maximum absolute atomic E-state index is 12.8. The molecule has 5 heteroatoms. The molecule has 1 aromatic carbocycles. The van der Waals surface area contributed by atoms with Crippen molar-refractivity contribution in [3.05, 3.63) is 52.9 Å². The Morgan fingerprint density at radius 1 is 1.32 bits per heavy atom. The van der Waals surface area contributed by atoms with Crippen molar-refractivity contribution in [3.63, 3.8) is 0 Å². The van der Waals surface area contributed by atoms with Crippen LogP contribution in [0.5, 0.6) is 0 Å². The summed E-state index contributed by atoms with van der Waals surface area (Å²) in [6, 6.07) is 13.8. The number of thiophene rings is 1.